The monoisotopic (exact) mass is 338 g/mol. The van der Waals surface area contributed by atoms with Crippen LogP contribution in [0, 0.1) is 9.49 Å². The molecule has 15 heavy (non-hydrogen) atoms. The Morgan fingerprint density at radius 1 is 1.67 bits per heavy atom. The maximum absolute atomic E-state index is 6.11. The van der Waals surface area contributed by atoms with Crippen molar-refractivity contribution in [3.05, 3.63) is 20.9 Å². The summed E-state index contributed by atoms with van der Waals surface area (Å²) in [5, 5.41) is 3.97. The molecule has 1 fully saturated rings. The second-order valence-corrected chi connectivity index (χ2v) is 5.11. The van der Waals surface area contributed by atoms with Crippen LogP contribution in [0.5, 0.6) is 0 Å². The summed E-state index contributed by atoms with van der Waals surface area (Å²) in [6, 6.07) is 1.90. The van der Waals surface area contributed by atoms with E-state index in [1.54, 1.807) is 6.20 Å². The highest BCUT2D eigenvalue weighted by molar-refractivity contribution is 14.1. The Bertz CT molecular complexity index is 342. The van der Waals surface area contributed by atoms with Gasteiger partial charge in [-0.3, -0.25) is 0 Å². The minimum Gasteiger partial charge on any atom is -0.381 e. The van der Waals surface area contributed by atoms with Gasteiger partial charge in [0.25, 0.3) is 0 Å². The van der Waals surface area contributed by atoms with Gasteiger partial charge < -0.3 is 10.1 Å². The van der Waals surface area contributed by atoms with E-state index in [0.29, 0.717) is 10.9 Å². The van der Waals surface area contributed by atoms with Gasteiger partial charge in [0.1, 0.15) is 5.82 Å². The average molecular weight is 339 g/mol. The number of pyridine rings is 1. The third-order valence-electron chi connectivity index (χ3n) is 2.42. The third-order valence-corrected chi connectivity index (χ3v) is 4.02. The van der Waals surface area contributed by atoms with E-state index >= 15 is 0 Å². The predicted octanol–water partition coefficient (Wildman–Crippen LogP) is 2.79. The van der Waals surface area contributed by atoms with Gasteiger partial charge in [-0.25, -0.2) is 4.98 Å². The zero-order chi connectivity index (χ0) is 10.7. The largest absolute Gasteiger partial charge is 0.381 e. The Kier molecular flexibility index (Phi) is 4.05. The van der Waals surface area contributed by atoms with Gasteiger partial charge in [0.15, 0.2) is 0 Å². The molecule has 5 heteroatoms. The Labute approximate surface area is 108 Å². The van der Waals surface area contributed by atoms with Gasteiger partial charge in [-0.2, -0.15) is 0 Å². The number of halogens is 2. The number of hydrogen-bond donors (Lipinski definition) is 1. The predicted molar refractivity (Wildman–Crippen MR) is 69.4 cm³/mol. The Morgan fingerprint density at radius 2 is 2.53 bits per heavy atom. The molecule has 1 saturated heterocycles. The number of aromatic nitrogens is 1. The first-order chi connectivity index (χ1) is 7.27. The van der Waals surface area contributed by atoms with Crippen LogP contribution in [0.3, 0.4) is 0 Å². The van der Waals surface area contributed by atoms with E-state index < -0.39 is 0 Å². The first-order valence-electron chi connectivity index (χ1n) is 4.89. The summed E-state index contributed by atoms with van der Waals surface area (Å²) in [5.74, 6) is 1.36. The summed E-state index contributed by atoms with van der Waals surface area (Å²) < 4.78 is 6.33. The molecule has 82 valence electrons. The molecule has 1 aromatic heterocycles. The molecule has 2 rings (SSSR count). The number of nitrogens with zero attached hydrogens (tertiary/aromatic N) is 1. The standard InChI is InChI=1S/C10H12ClIN2O/c11-9-8(12)1-3-13-10(9)14-5-7-2-4-15-6-7/h1,3,7H,2,4-6H2,(H,13,14). The number of nitrogens with one attached hydrogen (secondary N) is 1. The molecule has 1 atom stereocenters. The van der Waals surface area contributed by atoms with Crippen LogP contribution in [0.15, 0.2) is 12.3 Å². The molecule has 0 aliphatic carbocycles. The molecule has 0 aromatic carbocycles. The molecule has 2 heterocycles. The van der Waals surface area contributed by atoms with E-state index in [1.165, 1.54) is 0 Å². The first-order valence-corrected chi connectivity index (χ1v) is 6.34. The molecule has 0 amide bonds. The summed E-state index contributed by atoms with van der Waals surface area (Å²) in [4.78, 5) is 4.21. The van der Waals surface area contributed by atoms with Crippen LogP contribution in [-0.4, -0.2) is 24.7 Å². The van der Waals surface area contributed by atoms with Gasteiger partial charge in [-0.05, 0) is 35.1 Å². The molecule has 0 saturated carbocycles. The Morgan fingerprint density at radius 3 is 3.27 bits per heavy atom. The maximum atomic E-state index is 6.11. The lowest BCUT2D eigenvalue weighted by atomic mass is 10.1. The van der Waals surface area contributed by atoms with Crippen LogP contribution >= 0.6 is 34.2 Å². The SMILES string of the molecule is Clc1c(I)ccnc1NCC1CCOC1. The van der Waals surface area contributed by atoms with Crippen molar-refractivity contribution in [1.29, 1.82) is 0 Å². The Hall–Kier alpha value is -0.0700. The zero-order valence-electron chi connectivity index (χ0n) is 8.17. The normalized spacial score (nSPS) is 20.5. The fourth-order valence-electron chi connectivity index (χ4n) is 1.53. The van der Waals surface area contributed by atoms with Gasteiger partial charge >= 0.3 is 0 Å². The quantitative estimate of drug-likeness (QED) is 0.861. The lowest BCUT2D eigenvalue weighted by Gasteiger charge is -2.11. The van der Waals surface area contributed by atoms with Crippen LogP contribution in [0.2, 0.25) is 5.02 Å². The Balaban J connectivity index is 1.95. The minimum atomic E-state index is 0.584. The average Bonchev–Trinajstić information content (AvgIpc) is 2.73. The van der Waals surface area contributed by atoms with Crippen molar-refractivity contribution in [3.63, 3.8) is 0 Å². The smallest absolute Gasteiger partial charge is 0.145 e. The van der Waals surface area contributed by atoms with Crippen LogP contribution in [0.4, 0.5) is 5.82 Å². The topological polar surface area (TPSA) is 34.2 Å². The number of rotatable bonds is 3. The lowest BCUT2D eigenvalue weighted by Crippen LogP contribution is -2.15. The van der Waals surface area contributed by atoms with E-state index in [2.05, 4.69) is 32.9 Å². The van der Waals surface area contributed by atoms with E-state index in [0.717, 1.165) is 35.6 Å². The molecule has 1 unspecified atom stereocenters. The molecule has 3 nitrogen and oxygen atoms in total. The molecule has 1 N–H and O–H groups in total. The highest BCUT2D eigenvalue weighted by atomic mass is 127. The molecule has 0 spiro atoms. The summed E-state index contributed by atoms with van der Waals surface area (Å²) >= 11 is 8.32. The van der Waals surface area contributed by atoms with Crippen LogP contribution in [-0.2, 0) is 4.74 Å². The molecule has 0 bridgehead atoms. The van der Waals surface area contributed by atoms with Gasteiger partial charge in [-0.1, -0.05) is 11.6 Å². The van der Waals surface area contributed by atoms with Gasteiger partial charge in [0.2, 0.25) is 0 Å². The fraction of sp³-hybridized carbons (Fsp3) is 0.500. The maximum Gasteiger partial charge on any atom is 0.145 e. The molecule has 0 radical (unpaired) electrons. The van der Waals surface area contributed by atoms with Gasteiger partial charge in [0.05, 0.1) is 11.6 Å². The summed E-state index contributed by atoms with van der Waals surface area (Å²) in [6.45, 7) is 2.60. The molecule has 1 aliphatic rings. The van der Waals surface area contributed by atoms with Crippen molar-refractivity contribution in [2.45, 2.75) is 6.42 Å². The number of hydrogen-bond acceptors (Lipinski definition) is 3. The van der Waals surface area contributed by atoms with E-state index in [1.807, 2.05) is 6.07 Å². The zero-order valence-corrected chi connectivity index (χ0v) is 11.1. The molecule has 1 aromatic rings. The van der Waals surface area contributed by atoms with Crippen molar-refractivity contribution >= 4 is 40.0 Å². The van der Waals surface area contributed by atoms with Crippen LogP contribution < -0.4 is 5.32 Å². The molecule has 1 aliphatic heterocycles. The number of ether oxygens (including phenoxy) is 1. The first kappa shape index (κ1) is 11.4. The van der Waals surface area contributed by atoms with E-state index in [-0.39, 0.29) is 0 Å². The fourth-order valence-corrected chi connectivity index (χ4v) is 2.12. The van der Waals surface area contributed by atoms with Crippen molar-refractivity contribution < 1.29 is 4.74 Å². The summed E-state index contributed by atoms with van der Waals surface area (Å²) in [5.41, 5.74) is 0. The van der Waals surface area contributed by atoms with Crippen molar-refractivity contribution in [2.24, 2.45) is 5.92 Å². The second kappa shape index (κ2) is 5.32. The summed E-state index contributed by atoms with van der Waals surface area (Å²) in [7, 11) is 0. The molecular formula is C10H12ClIN2O. The highest BCUT2D eigenvalue weighted by Crippen LogP contribution is 2.25. The minimum absolute atomic E-state index is 0.584. The van der Waals surface area contributed by atoms with Gasteiger partial charge in [0, 0.05) is 28.8 Å². The van der Waals surface area contributed by atoms with Crippen molar-refractivity contribution in [1.82, 2.24) is 4.98 Å². The van der Waals surface area contributed by atoms with Gasteiger partial charge in [-0.15, -0.1) is 0 Å². The van der Waals surface area contributed by atoms with E-state index in [4.69, 9.17) is 16.3 Å². The number of anilines is 1. The van der Waals surface area contributed by atoms with Crippen molar-refractivity contribution in [2.75, 3.05) is 25.1 Å². The van der Waals surface area contributed by atoms with Crippen LogP contribution in [0.1, 0.15) is 6.42 Å². The third kappa shape index (κ3) is 2.95. The van der Waals surface area contributed by atoms with Crippen LogP contribution in [0.25, 0.3) is 0 Å². The van der Waals surface area contributed by atoms with E-state index in [9.17, 15) is 0 Å². The second-order valence-electron chi connectivity index (χ2n) is 3.57. The molecular weight excluding hydrogens is 326 g/mol. The highest BCUT2D eigenvalue weighted by Gasteiger charge is 2.16. The van der Waals surface area contributed by atoms with Crippen molar-refractivity contribution in [3.8, 4) is 0 Å². The lowest BCUT2D eigenvalue weighted by molar-refractivity contribution is 0.187. The summed E-state index contributed by atoms with van der Waals surface area (Å²) in [6.07, 6.45) is 2.88.